The van der Waals surface area contributed by atoms with Gasteiger partial charge in [0, 0.05) is 29.4 Å². The molecule has 2 amide bonds. The zero-order valence-corrected chi connectivity index (χ0v) is 14.6. The molecule has 0 radical (unpaired) electrons. The Morgan fingerprint density at radius 1 is 1.00 bits per heavy atom. The highest BCUT2D eigenvalue weighted by Gasteiger charge is 2.22. The molecule has 3 N–H and O–H groups in total. The minimum absolute atomic E-state index is 0.0797. The number of benzene rings is 2. The summed E-state index contributed by atoms with van der Waals surface area (Å²) in [5.74, 6) is -0.390. The third-order valence-electron chi connectivity index (χ3n) is 4.28. The smallest absolute Gasteiger partial charge is 0.255 e. The van der Waals surface area contributed by atoms with E-state index in [4.69, 9.17) is 17.3 Å². The molecular weight excluding hydrogens is 338 g/mol. The average molecular weight is 358 g/mol. The van der Waals surface area contributed by atoms with Crippen LogP contribution in [-0.2, 0) is 0 Å². The molecule has 1 aliphatic heterocycles. The van der Waals surface area contributed by atoms with Crippen molar-refractivity contribution >= 4 is 34.8 Å². The lowest BCUT2D eigenvalue weighted by molar-refractivity contribution is 0.0725. The maximum atomic E-state index is 12.8. The van der Waals surface area contributed by atoms with Crippen LogP contribution < -0.4 is 11.1 Å². The molecule has 25 heavy (non-hydrogen) atoms. The first-order chi connectivity index (χ1) is 12.0. The van der Waals surface area contributed by atoms with E-state index < -0.39 is 0 Å². The summed E-state index contributed by atoms with van der Waals surface area (Å²) in [5, 5.41) is 3.26. The summed E-state index contributed by atoms with van der Waals surface area (Å²) in [6.45, 7) is 1.49. The molecule has 130 valence electrons. The number of halogens is 1. The predicted octanol–water partition coefficient (Wildman–Crippen LogP) is 3.80. The first-order valence-corrected chi connectivity index (χ1v) is 8.68. The lowest BCUT2D eigenvalue weighted by Crippen LogP contribution is -2.36. The Labute approximate surface area is 151 Å². The van der Waals surface area contributed by atoms with Gasteiger partial charge in [-0.15, -0.1) is 0 Å². The van der Waals surface area contributed by atoms with Gasteiger partial charge in [-0.2, -0.15) is 0 Å². The minimum atomic E-state index is -0.310. The minimum Gasteiger partial charge on any atom is -0.399 e. The molecule has 5 nitrogen and oxygen atoms in total. The molecule has 0 saturated carbocycles. The predicted molar refractivity (Wildman–Crippen MR) is 100 cm³/mol. The van der Waals surface area contributed by atoms with Crippen LogP contribution in [0.5, 0.6) is 0 Å². The van der Waals surface area contributed by atoms with Gasteiger partial charge in [0.1, 0.15) is 0 Å². The number of likely N-dealkylation sites (tertiary alicyclic amines) is 1. The van der Waals surface area contributed by atoms with Crippen molar-refractivity contribution < 1.29 is 9.59 Å². The molecule has 2 aromatic carbocycles. The molecule has 1 fully saturated rings. The van der Waals surface area contributed by atoms with Crippen molar-refractivity contribution in [3.63, 3.8) is 0 Å². The number of anilines is 2. The zero-order chi connectivity index (χ0) is 17.8. The highest BCUT2D eigenvalue weighted by Crippen LogP contribution is 2.24. The Hall–Kier alpha value is -2.53. The molecule has 6 heteroatoms. The first-order valence-electron chi connectivity index (χ1n) is 8.30. The number of carbonyl (C=O) groups is 2. The fourth-order valence-electron chi connectivity index (χ4n) is 2.90. The number of rotatable bonds is 3. The molecule has 1 heterocycles. The Bertz CT molecular complexity index is 784. The van der Waals surface area contributed by atoms with Crippen molar-refractivity contribution in [1.82, 2.24) is 4.90 Å². The van der Waals surface area contributed by atoms with E-state index in [0.717, 1.165) is 32.4 Å². The van der Waals surface area contributed by atoms with Crippen LogP contribution in [0.1, 0.15) is 40.0 Å². The second-order valence-electron chi connectivity index (χ2n) is 6.12. The van der Waals surface area contributed by atoms with Crippen LogP contribution in [0, 0.1) is 0 Å². The highest BCUT2D eigenvalue weighted by atomic mass is 35.5. The summed E-state index contributed by atoms with van der Waals surface area (Å²) in [5.41, 5.74) is 7.57. The zero-order valence-electron chi connectivity index (χ0n) is 13.8. The van der Waals surface area contributed by atoms with E-state index in [2.05, 4.69) is 5.32 Å². The van der Waals surface area contributed by atoms with Crippen molar-refractivity contribution in [2.75, 3.05) is 24.1 Å². The molecule has 0 aliphatic carbocycles. The number of hydrogen-bond acceptors (Lipinski definition) is 3. The van der Waals surface area contributed by atoms with E-state index in [1.807, 2.05) is 4.90 Å². The van der Waals surface area contributed by atoms with Gasteiger partial charge in [0.25, 0.3) is 11.8 Å². The monoisotopic (exact) mass is 357 g/mol. The van der Waals surface area contributed by atoms with Crippen LogP contribution in [0.25, 0.3) is 0 Å². The summed E-state index contributed by atoms with van der Waals surface area (Å²) < 4.78 is 0. The normalized spacial score (nSPS) is 14.2. The van der Waals surface area contributed by atoms with Gasteiger partial charge in [-0.1, -0.05) is 11.6 Å². The fourth-order valence-corrected chi connectivity index (χ4v) is 3.07. The second kappa shape index (κ2) is 7.57. The largest absolute Gasteiger partial charge is 0.399 e. The van der Waals surface area contributed by atoms with Crippen molar-refractivity contribution in [3.05, 3.63) is 58.6 Å². The first kappa shape index (κ1) is 17.3. The van der Waals surface area contributed by atoms with Crippen LogP contribution in [0.2, 0.25) is 5.02 Å². The van der Waals surface area contributed by atoms with Crippen molar-refractivity contribution in [3.8, 4) is 0 Å². The third-order valence-corrected chi connectivity index (χ3v) is 4.51. The topological polar surface area (TPSA) is 75.4 Å². The summed E-state index contributed by atoms with van der Waals surface area (Å²) >= 11 is 6.06. The Balaban J connectivity index is 1.84. The van der Waals surface area contributed by atoms with Crippen LogP contribution in [0.3, 0.4) is 0 Å². The summed E-state index contributed by atoms with van der Waals surface area (Å²) in [6.07, 6.45) is 3.16. The van der Waals surface area contributed by atoms with Gasteiger partial charge in [0.2, 0.25) is 0 Å². The van der Waals surface area contributed by atoms with E-state index in [-0.39, 0.29) is 11.8 Å². The fraction of sp³-hybridized carbons (Fsp3) is 0.263. The van der Waals surface area contributed by atoms with E-state index >= 15 is 0 Å². The maximum Gasteiger partial charge on any atom is 0.255 e. The van der Waals surface area contributed by atoms with E-state index in [1.165, 1.54) is 0 Å². The lowest BCUT2D eigenvalue weighted by atomic mass is 10.1. The van der Waals surface area contributed by atoms with Crippen LogP contribution in [0.4, 0.5) is 11.4 Å². The van der Waals surface area contributed by atoms with Crippen molar-refractivity contribution in [1.29, 1.82) is 0 Å². The Morgan fingerprint density at radius 3 is 2.36 bits per heavy atom. The standard InChI is InChI=1S/C19H20ClN3O2/c20-14-6-9-16(19(25)23-10-2-1-3-11-23)17(12-14)22-18(24)13-4-7-15(21)8-5-13/h4-9,12H,1-3,10-11,21H2,(H,22,24). The lowest BCUT2D eigenvalue weighted by Gasteiger charge is -2.27. The number of nitrogen functional groups attached to an aromatic ring is 1. The number of nitrogens with zero attached hydrogens (tertiary/aromatic N) is 1. The van der Waals surface area contributed by atoms with Crippen molar-refractivity contribution in [2.24, 2.45) is 0 Å². The van der Waals surface area contributed by atoms with Gasteiger partial charge < -0.3 is 16.0 Å². The Morgan fingerprint density at radius 2 is 1.68 bits per heavy atom. The summed E-state index contributed by atoms with van der Waals surface area (Å²) in [6, 6.07) is 11.5. The molecule has 0 unspecified atom stereocenters. The summed E-state index contributed by atoms with van der Waals surface area (Å²) in [7, 11) is 0. The molecule has 1 saturated heterocycles. The van der Waals surface area contributed by atoms with Gasteiger partial charge in [0.05, 0.1) is 11.3 Å². The second-order valence-corrected chi connectivity index (χ2v) is 6.56. The molecule has 0 atom stereocenters. The third kappa shape index (κ3) is 4.12. The molecule has 0 bridgehead atoms. The van der Waals surface area contributed by atoms with E-state index in [0.29, 0.717) is 27.5 Å². The van der Waals surface area contributed by atoms with E-state index in [1.54, 1.807) is 42.5 Å². The van der Waals surface area contributed by atoms with Gasteiger partial charge in [-0.05, 0) is 61.7 Å². The number of nitrogens with two attached hydrogens (primary N) is 1. The molecule has 3 rings (SSSR count). The number of carbonyl (C=O) groups excluding carboxylic acids is 2. The quantitative estimate of drug-likeness (QED) is 0.820. The summed E-state index contributed by atoms with van der Waals surface area (Å²) in [4.78, 5) is 27.1. The Kier molecular flexibility index (Phi) is 5.24. The number of amides is 2. The highest BCUT2D eigenvalue weighted by molar-refractivity contribution is 6.31. The SMILES string of the molecule is Nc1ccc(C(=O)Nc2cc(Cl)ccc2C(=O)N2CCCCC2)cc1. The number of hydrogen-bond donors (Lipinski definition) is 2. The number of piperidine rings is 1. The van der Waals surface area contributed by atoms with Gasteiger partial charge in [0.15, 0.2) is 0 Å². The molecular formula is C19H20ClN3O2. The average Bonchev–Trinajstić information content (AvgIpc) is 2.62. The van der Waals surface area contributed by atoms with Crippen LogP contribution >= 0.6 is 11.6 Å². The molecule has 0 spiro atoms. The van der Waals surface area contributed by atoms with E-state index in [9.17, 15) is 9.59 Å². The molecule has 1 aliphatic rings. The maximum absolute atomic E-state index is 12.8. The van der Waals surface area contributed by atoms with Gasteiger partial charge in [-0.3, -0.25) is 9.59 Å². The molecule has 2 aromatic rings. The number of nitrogens with one attached hydrogen (secondary N) is 1. The van der Waals surface area contributed by atoms with Crippen molar-refractivity contribution in [2.45, 2.75) is 19.3 Å². The van der Waals surface area contributed by atoms with Gasteiger partial charge >= 0.3 is 0 Å². The molecule has 0 aromatic heterocycles. The van der Waals surface area contributed by atoms with Crippen LogP contribution in [0.15, 0.2) is 42.5 Å². The van der Waals surface area contributed by atoms with Crippen LogP contribution in [-0.4, -0.2) is 29.8 Å². The van der Waals surface area contributed by atoms with Gasteiger partial charge in [-0.25, -0.2) is 0 Å².